The highest BCUT2D eigenvalue weighted by molar-refractivity contribution is 7.80. The summed E-state index contributed by atoms with van der Waals surface area (Å²) in [6, 6.07) is 13.7. The summed E-state index contributed by atoms with van der Waals surface area (Å²) in [7, 11) is 0. The van der Waals surface area contributed by atoms with Gasteiger partial charge in [0.1, 0.15) is 5.57 Å². The fourth-order valence-corrected chi connectivity index (χ4v) is 4.21. The number of thiocarbonyl (C=S) groups is 1. The number of hydrogen-bond donors (Lipinski definition) is 0. The second kappa shape index (κ2) is 8.57. The van der Waals surface area contributed by atoms with Crippen molar-refractivity contribution in [1.29, 1.82) is 0 Å². The van der Waals surface area contributed by atoms with Gasteiger partial charge in [0.05, 0.1) is 18.2 Å². The summed E-state index contributed by atoms with van der Waals surface area (Å²) in [4.78, 5) is 40.3. The zero-order chi connectivity index (χ0) is 23.0. The molecule has 1 aliphatic heterocycles. The summed E-state index contributed by atoms with van der Waals surface area (Å²) in [5, 5.41) is 12.5. The molecule has 1 fully saturated rings. The number of aliphatic carboxylic acids is 1. The van der Waals surface area contributed by atoms with Crippen LogP contribution in [-0.4, -0.2) is 38.9 Å². The van der Waals surface area contributed by atoms with Gasteiger partial charge in [-0.05, 0) is 55.5 Å². The first kappa shape index (κ1) is 21.7. The predicted molar refractivity (Wildman–Crippen MR) is 124 cm³/mol. The summed E-state index contributed by atoms with van der Waals surface area (Å²) in [6.07, 6.45) is 3.07. The van der Waals surface area contributed by atoms with E-state index in [4.69, 9.17) is 23.8 Å². The van der Waals surface area contributed by atoms with Gasteiger partial charge < -0.3 is 14.5 Å². The second-order valence-corrected chi connectivity index (χ2v) is 7.91. The first-order chi connectivity index (χ1) is 15.3. The van der Waals surface area contributed by atoms with Crippen molar-refractivity contribution in [2.45, 2.75) is 13.5 Å². The molecule has 2 aromatic carbocycles. The molecule has 0 radical (unpaired) electrons. The fraction of sp³-hybridized carbons (Fsp3) is 0.130. The van der Waals surface area contributed by atoms with Crippen molar-refractivity contribution < 1.29 is 19.5 Å². The van der Waals surface area contributed by atoms with E-state index in [1.807, 2.05) is 0 Å². The third-order valence-electron chi connectivity index (χ3n) is 5.15. The average Bonchev–Trinajstić information content (AvgIpc) is 3.10. The molecule has 162 valence electrons. The van der Waals surface area contributed by atoms with E-state index in [1.54, 1.807) is 61.7 Å². The lowest BCUT2D eigenvalue weighted by molar-refractivity contribution is -0.306. The Morgan fingerprint density at radius 1 is 1.09 bits per heavy atom. The van der Waals surface area contributed by atoms with Crippen LogP contribution in [0.5, 0.6) is 0 Å². The topological polar surface area (TPSA) is 85.7 Å². The smallest absolute Gasteiger partial charge is 0.270 e. The maximum Gasteiger partial charge on any atom is 0.270 e. The van der Waals surface area contributed by atoms with Crippen LogP contribution in [0.25, 0.3) is 17.0 Å². The van der Waals surface area contributed by atoms with E-state index in [0.29, 0.717) is 27.2 Å². The number of halogens is 1. The maximum absolute atomic E-state index is 13.4. The summed E-state index contributed by atoms with van der Waals surface area (Å²) >= 11 is 11.4. The third-order valence-corrected chi connectivity index (χ3v) is 5.81. The van der Waals surface area contributed by atoms with Gasteiger partial charge in [0.2, 0.25) is 0 Å². The Balaban J connectivity index is 1.85. The summed E-state index contributed by atoms with van der Waals surface area (Å²) in [6.45, 7) is 1.69. The number of carboxylic acid groups (broad SMARTS) is 1. The molecule has 1 aromatic heterocycles. The molecule has 0 bridgehead atoms. The largest absolute Gasteiger partial charge is 0.548 e. The third kappa shape index (κ3) is 3.79. The van der Waals surface area contributed by atoms with E-state index in [2.05, 4.69) is 0 Å². The van der Waals surface area contributed by atoms with E-state index in [-0.39, 0.29) is 23.8 Å². The first-order valence-electron chi connectivity index (χ1n) is 9.77. The zero-order valence-electron chi connectivity index (χ0n) is 16.9. The number of likely N-dealkylation sites (N-methyl/N-ethyl adjacent to an activating group) is 1. The van der Waals surface area contributed by atoms with Crippen molar-refractivity contribution in [3.8, 4) is 0 Å². The first-order valence-corrected chi connectivity index (χ1v) is 10.6. The Bertz CT molecular complexity index is 1300. The minimum Gasteiger partial charge on any atom is -0.548 e. The van der Waals surface area contributed by atoms with Gasteiger partial charge in [0.25, 0.3) is 11.8 Å². The van der Waals surface area contributed by atoms with Crippen LogP contribution in [-0.2, 0) is 20.9 Å². The highest BCUT2D eigenvalue weighted by Crippen LogP contribution is 2.29. The summed E-state index contributed by atoms with van der Waals surface area (Å²) < 4.78 is 1.51. The number of amides is 2. The van der Waals surface area contributed by atoms with Crippen LogP contribution in [0.3, 0.4) is 0 Å². The summed E-state index contributed by atoms with van der Waals surface area (Å²) in [5.74, 6) is -2.32. The summed E-state index contributed by atoms with van der Waals surface area (Å²) in [5.41, 5.74) is 1.60. The molecule has 1 saturated heterocycles. The number of fused-ring (bicyclic) bond motifs is 1. The van der Waals surface area contributed by atoms with Gasteiger partial charge in [-0.15, -0.1) is 0 Å². The van der Waals surface area contributed by atoms with Crippen molar-refractivity contribution in [3.63, 3.8) is 0 Å². The van der Waals surface area contributed by atoms with E-state index in [9.17, 15) is 19.5 Å². The number of rotatable bonds is 5. The van der Waals surface area contributed by atoms with E-state index >= 15 is 0 Å². The van der Waals surface area contributed by atoms with Crippen molar-refractivity contribution in [3.05, 3.63) is 70.9 Å². The lowest BCUT2D eigenvalue weighted by Crippen LogP contribution is -2.56. The molecule has 0 unspecified atom stereocenters. The molecule has 1 aliphatic rings. The molecule has 3 aromatic rings. The van der Waals surface area contributed by atoms with Gasteiger partial charge >= 0.3 is 0 Å². The Kier molecular flexibility index (Phi) is 5.82. The molecular formula is C23H17ClN3O4S-. The number of anilines is 1. The highest BCUT2D eigenvalue weighted by Gasteiger charge is 2.39. The van der Waals surface area contributed by atoms with Crippen LogP contribution in [0.1, 0.15) is 12.5 Å². The molecule has 32 heavy (non-hydrogen) atoms. The van der Waals surface area contributed by atoms with Crippen LogP contribution < -0.4 is 10.0 Å². The van der Waals surface area contributed by atoms with Gasteiger partial charge in [0.15, 0.2) is 5.11 Å². The number of nitrogens with zero attached hydrogens (tertiary/aromatic N) is 3. The number of benzene rings is 2. The molecule has 0 saturated carbocycles. The van der Waals surface area contributed by atoms with Crippen molar-refractivity contribution in [2.75, 3.05) is 11.4 Å². The molecule has 0 spiro atoms. The predicted octanol–water partition coefficient (Wildman–Crippen LogP) is 2.61. The number of aromatic nitrogens is 1. The Hall–Kier alpha value is -3.49. The van der Waals surface area contributed by atoms with Crippen LogP contribution in [0.2, 0.25) is 5.02 Å². The Morgan fingerprint density at radius 2 is 1.78 bits per heavy atom. The minimum absolute atomic E-state index is 0.0771. The van der Waals surface area contributed by atoms with E-state index in [0.717, 1.165) is 0 Å². The van der Waals surface area contributed by atoms with Crippen LogP contribution >= 0.6 is 23.8 Å². The normalized spacial score (nSPS) is 15.8. The van der Waals surface area contributed by atoms with E-state index < -0.39 is 17.8 Å². The van der Waals surface area contributed by atoms with Gasteiger partial charge in [-0.1, -0.05) is 29.8 Å². The Labute approximate surface area is 194 Å². The second-order valence-electron chi connectivity index (χ2n) is 7.11. The molecule has 0 aliphatic carbocycles. The maximum atomic E-state index is 13.4. The van der Waals surface area contributed by atoms with Gasteiger partial charge in [0, 0.05) is 34.2 Å². The van der Waals surface area contributed by atoms with Gasteiger partial charge in [-0.3, -0.25) is 19.4 Å². The van der Waals surface area contributed by atoms with Crippen molar-refractivity contribution in [1.82, 2.24) is 9.47 Å². The number of carboxylic acids is 1. The van der Waals surface area contributed by atoms with Crippen LogP contribution in [0.4, 0.5) is 5.69 Å². The average molecular weight is 467 g/mol. The van der Waals surface area contributed by atoms with Gasteiger partial charge in [-0.25, -0.2) is 0 Å². The molecular weight excluding hydrogens is 450 g/mol. The molecule has 0 atom stereocenters. The highest BCUT2D eigenvalue weighted by atomic mass is 35.5. The number of hydrogen-bond acceptors (Lipinski definition) is 5. The van der Waals surface area contributed by atoms with Crippen molar-refractivity contribution >= 4 is 69.4 Å². The van der Waals surface area contributed by atoms with Crippen molar-refractivity contribution in [2.24, 2.45) is 0 Å². The van der Waals surface area contributed by atoms with E-state index in [1.165, 1.54) is 20.4 Å². The lowest BCUT2D eigenvalue weighted by atomic mass is 10.1. The molecule has 2 heterocycles. The lowest BCUT2D eigenvalue weighted by Gasteiger charge is -2.36. The Morgan fingerprint density at radius 3 is 2.44 bits per heavy atom. The molecule has 2 amide bonds. The fourth-order valence-electron chi connectivity index (χ4n) is 3.69. The standard InChI is InChI=1S/C23H18ClN3O4S/c1-2-26-21(30)18(22(31)27(23(26)32)16-9-7-15(24)8-10-16)11-14-12-25(13-20(28)29)19-6-4-3-5-17(14)19/h3-12H,2,13H2,1H3,(H,28,29)/p-1/b18-11+. The number of carbonyl (C=O) groups excluding carboxylic acids is 3. The van der Waals surface area contributed by atoms with Crippen LogP contribution in [0.15, 0.2) is 60.3 Å². The molecule has 4 rings (SSSR count). The van der Waals surface area contributed by atoms with Crippen LogP contribution in [0, 0.1) is 0 Å². The number of carbonyl (C=O) groups is 3. The monoisotopic (exact) mass is 466 g/mol. The van der Waals surface area contributed by atoms with Gasteiger partial charge in [-0.2, -0.15) is 0 Å². The molecule has 9 heteroatoms. The molecule has 7 nitrogen and oxygen atoms in total. The molecule has 0 N–H and O–H groups in total. The zero-order valence-corrected chi connectivity index (χ0v) is 18.5. The SMILES string of the molecule is CCN1C(=O)/C(=C\c2cn(CC(=O)[O-])c3ccccc23)C(=O)N(c2ccc(Cl)cc2)C1=S. The number of para-hydroxylation sites is 1. The quantitative estimate of drug-likeness (QED) is 0.328. The minimum atomic E-state index is -1.24.